The van der Waals surface area contributed by atoms with Crippen LogP contribution in [0.5, 0.6) is 0 Å². The lowest BCUT2D eigenvalue weighted by atomic mass is 9.64. The Kier molecular flexibility index (Phi) is 4.47. The summed E-state index contributed by atoms with van der Waals surface area (Å²) >= 11 is 0. The second kappa shape index (κ2) is 5.43. The van der Waals surface area contributed by atoms with Gasteiger partial charge in [-0.05, 0) is 40.5 Å². The van der Waals surface area contributed by atoms with Gasteiger partial charge in [0, 0.05) is 12.8 Å². The van der Waals surface area contributed by atoms with Gasteiger partial charge in [0.15, 0.2) is 0 Å². The van der Waals surface area contributed by atoms with Gasteiger partial charge in [0.25, 0.3) is 0 Å². The first-order valence-electron chi connectivity index (χ1n) is 6.83. The van der Waals surface area contributed by atoms with Crippen molar-refractivity contribution in [3.63, 3.8) is 0 Å². The van der Waals surface area contributed by atoms with E-state index in [9.17, 15) is 19.2 Å². The number of allylic oxidation sites excluding steroid dienone is 1. The highest BCUT2D eigenvalue weighted by molar-refractivity contribution is 6.12. The molecule has 0 spiro atoms. The summed E-state index contributed by atoms with van der Waals surface area (Å²) in [6.45, 7) is 9.67. The summed E-state index contributed by atoms with van der Waals surface area (Å²) in [6.07, 6.45) is 1.30. The standard InChI is InChI=1S/C16H22O4/c1-10(9-15(4,11(2)17)12(3)18)16(5)13(19)7-6-8-14(16)20/h1,6-9H2,2-5H3. The number of carbonyl (C=O) groups excluding carboxylic acids is 4. The summed E-state index contributed by atoms with van der Waals surface area (Å²) in [5.74, 6) is -0.864. The highest BCUT2D eigenvalue weighted by Gasteiger charge is 2.47. The van der Waals surface area contributed by atoms with Crippen molar-refractivity contribution in [2.24, 2.45) is 10.8 Å². The SMILES string of the molecule is C=C(CC(C)(C(C)=O)C(C)=O)C1(C)C(=O)CCCC1=O. The molecule has 110 valence electrons. The van der Waals surface area contributed by atoms with Crippen LogP contribution in [0.25, 0.3) is 0 Å². The summed E-state index contributed by atoms with van der Waals surface area (Å²) in [5.41, 5.74) is -2.08. The van der Waals surface area contributed by atoms with Crippen molar-refractivity contribution in [3.8, 4) is 0 Å². The summed E-state index contributed by atoms with van der Waals surface area (Å²) in [5, 5.41) is 0. The summed E-state index contributed by atoms with van der Waals surface area (Å²) < 4.78 is 0. The van der Waals surface area contributed by atoms with Gasteiger partial charge < -0.3 is 0 Å². The van der Waals surface area contributed by atoms with E-state index in [0.717, 1.165) is 0 Å². The van der Waals surface area contributed by atoms with Gasteiger partial charge in [0.05, 0.1) is 5.41 Å². The molecule has 0 saturated heterocycles. The Labute approximate surface area is 119 Å². The topological polar surface area (TPSA) is 68.3 Å². The fourth-order valence-electron chi connectivity index (χ4n) is 2.56. The van der Waals surface area contributed by atoms with Crippen molar-refractivity contribution >= 4 is 23.1 Å². The normalized spacial score (nSPS) is 18.8. The minimum Gasteiger partial charge on any atom is -0.299 e. The molecule has 1 rings (SSSR count). The average molecular weight is 278 g/mol. The fourth-order valence-corrected chi connectivity index (χ4v) is 2.56. The van der Waals surface area contributed by atoms with E-state index < -0.39 is 10.8 Å². The zero-order chi connectivity index (χ0) is 15.7. The third kappa shape index (κ3) is 2.51. The fraction of sp³-hybridized carbons (Fsp3) is 0.625. The molecular formula is C16H22O4. The molecule has 0 heterocycles. The zero-order valence-corrected chi connectivity index (χ0v) is 12.7. The summed E-state index contributed by atoms with van der Waals surface area (Å²) in [7, 11) is 0. The molecule has 0 aromatic carbocycles. The van der Waals surface area contributed by atoms with Gasteiger partial charge in [-0.25, -0.2) is 0 Å². The average Bonchev–Trinajstić information content (AvgIpc) is 2.34. The second-order valence-corrected chi connectivity index (χ2v) is 6.05. The molecule has 0 aromatic heterocycles. The predicted octanol–water partition coefficient (Wildman–Crippen LogP) is 2.45. The highest BCUT2D eigenvalue weighted by Crippen LogP contribution is 2.41. The molecule has 4 heteroatoms. The molecule has 20 heavy (non-hydrogen) atoms. The van der Waals surface area contributed by atoms with Gasteiger partial charge >= 0.3 is 0 Å². The van der Waals surface area contributed by atoms with Crippen molar-refractivity contribution in [1.82, 2.24) is 0 Å². The molecule has 1 aliphatic rings. The number of ketones is 4. The Bertz CT molecular complexity index is 469. The van der Waals surface area contributed by atoms with Gasteiger partial charge in [0.2, 0.25) is 0 Å². The van der Waals surface area contributed by atoms with Crippen LogP contribution in [-0.4, -0.2) is 23.1 Å². The molecule has 0 aliphatic heterocycles. The predicted molar refractivity (Wildman–Crippen MR) is 75.2 cm³/mol. The van der Waals surface area contributed by atoms with Crippen molar-refractivity contribution in [2.45, 2.75) is 53.4 Å². The van der Waals surface area contributed by atoms with Crippen molar-refractivity contribution in [1.29, 1.82) is 0 Å². The molecule has 0 aromatic rings. The van der Waals surface area contributed by atoms with Crippen LogP contribution in [0.3, 0.4) is 0 Å². The number of hydrogen-bond acceptors (Lipinski definition) is 4. The first-order chi connectivity index (χ1) is 9.06. The van der Waals surface area contributed by atoms with Crippen molar-refractivity contribution in [2.75, 3.05) is 0 Å². The van der Waals surface area contributed by atoms with Gasteiger partial charge in [-0.1, -0.05) is 12.2 Å². The zero-order valence-electron chi connectivity index (χ0n) is 12.7. The lowest BCUT2D eigenvalue weighted by molar-refractivity contribution is -0.143. The largest absolute Gasteiger partial charge is 0.299 e. The molecule has 0 bridgehead atoms. The van der Waals surface area contributed by atoms with Crippen LogP contribution in [0, 0.1) is 10.8 Å². The van der Waals surface area contributed by atoms with Crippen LogP contribution in [0.15, 0.2) is 12.2 Å². The maximum Gasteiger partial charge on any atom is 0.150 e. The van der Waals surface area contributed by atoms with Crippen LogP contribution in [0.4, 0.5) is 0 Å². The number of hydrogen-bond donors (Lipinski definition) is 0. The van der Waals surface area contributed by atoms with E-state index in [2.05, 4.69) is 6.58 Å². The Morgan fingerprint density at radius 3 is 1.90 bits per heavy atom. The number of rotatable bonds is 5. The molecule has 1 saturated carbocycles. The quantitative estimate of drug-likeness (QED) is 0.572. The van der Waals surface area contributed by atoms with E-state index in [4.69, 9.17) is 0 Å². The Morgan fingerprint density at radius 2 is 1.55 bits per heavy atom. The molecule has 0 unspecified atom stereocenters. The van der Waals surface area contributed by atoms with Gasteiger partial charge in [-0.2, -0.15) is 0 Å². The van der Waals surface area contributed by atoms with Gasteiger partial charge in [0.1, 0.15) is 28.5 Å². The van der Waals surface area contributed by atoms with Crippen LogP contribution in [0.1, 0.15) is 53.4 Å². The Morgan fingerprint density at radius 1 is 1.15 bits per heavy atom. The monoisotopic (exact) mass is 278 g/mol. The lowest BCUT2D eigenvalue weighted by Gasteiger charge is -2.36. The van der Waals surface area contributed by atoms with E-state index in [1.54, 1.807) is 13.8 Å². The first kappa shape index (κ1) is 16.5. The molecule has 0 N–H and O–H groups in total. The Hall–Kier alpha value is -1.58. The third-order valence-electron chi connectivity index (χ3n) is 4.75. The van der Waals surface area contributed by atoms with E-state index in [0.29, 0.717) is 24.8 Å². The van der Waals surface area contributed by atoms with Gasteiger partial charge in [-0.15, -0.1) is 0 Å². The van der Waals surface area contributed by atoms with Crippen LogP contribution in [0.2, 0.25) is 0 Å². The lowest BCUT2D eigenvalue weighted by Crippen LogP contribution is -2.44. The number of carbonyl (C=O) groups is 4. The molecule has 1 aliphatic carbocycles. The highest BCUT2D eigenvalue weighted by atomic mass is 16.2. The minimum atomic E-state index is -1.25. The minimum absolute atomic E-state index is 0.0473. The maximum absolute atomic E-state index is 12.1. The van der Waals surface area contributed by atoms with Crippen LogP contribution in [-0.2, 0) is 19.2 Å². The van der Waals surface area contributed by atoms with Crippen molar-refractivity contribution in [3.05, 3.63) is 12.2 Å². The van der Waals surface area contributed by atoms with Crippen molar-refractivity contribution < 1.29 is 19.2 Å². The maximum atomic E-state index is 12.1. The van der Waals surface area contributed by atoms with E-state index >= 15 is 0 Å². The second-order valence-electron chi connectivity index (χ2n) is 6.05. The summed E-state index contributed by atoms with van der Waals surface area (Å²) in [6, 6.07) is 0. The van der Waals surface area contributed by atoms with E-state index in [1.807, 2.05) is 0 Å². The molecule has 1 fully saturated rings. The Balaban J connectivity index is 3.11. The smallest absolute Gasteiger partial charge is 0.150 e. The van der Waals surface area contributed by atoms with Gasteiger partial charge in [-0.3, -0.25) is 19.2 Å². The summed E-state index contributed by atoms with van der Waals surface area (Å²) in [4.78, 5) is 47.8. The van der Waals surface area contributed by atoms with Crippen LogP contribution < -0.4 is 0 Å². The van der Waals surface area contributed by atoms with E-state index in [-0.39, 0.29) is 29.6 Å². The van der Waals surface area contributed by atoms with Crippen LogP contribution >= 0.6 is 0 Å². The molecule has 0 amide bonds. The molecule has 4 nitrogen and oxygen atoms in total. The molecule has 0 radical (unpaired) electrons. The van der Waals surface area contributed by atoms with E-state index in [1.165, 1.54) is 13.8 Å². The number of Topliss-reactive ketones (excluding diaryl/α,β-unsaturated/α-hetero) is 4. The molecular weight excluding hydrogens is 256 g/mol. The molecule has 0 atom stereocenters. The first-order valence-corrected chi connectivity index (χ1v) is 6.83. The third-order valence-corrected chi connectivity index (χ3v) is 4.75.